The Labute approximate surface area is 143 Å². The fourth-order valence-electron chi connectivity index (χ4n) is 3.04. The van der Waals surface area contributed by atoms with Gasteiger partial charge >= 0.3 is 0 Å². The summed E-state index contributed by atoms with van der Waals surface area (Å²) < 4.78 is 11.1. The minimum absolute atomic E-state index is 0.703. The van der Waals surface area contributed by atoms with Crippen LogP contribution in [0.5, 0.6) is 0 Å². The molecule has 0 bridgehead atoms. The quantitative estimate of drug-likeness (QED) is 0.459. The maximum atomic E-state index is 5.56. The molecule has 0 spiro atoms. The number of aromatic nitrogens is 2. The first-order valence-corrected chi connectivity index (χ1v) is 8.05. The zero-order valence-electron chi connectivity index (χ0n) is 13.3. The van der Waals surface area contributed by atoms with Crippen molar-refractivity contribution < 1.29 is 8.83 Å². The monoisotopic (exact) mass is 326 g/mol. The van der Waals surface area contributed by atoms with Gasteiger partial charge in [0.1, 0.15) is 17.2 Å². The summed E-state index contributed by atoms with van der Waals surface area (Å²) in [6, 6.07) is 22.1. The number of fused-ring (bicyclic) bond motifs is 1. The first kappa shape index (κ1) is 13.9. The molecule has 5 rings (SSSR count). The number of furan rings is 2. The van der Waals surface area contributed by atoms with Gasteiger partial charge in [0.2, 0.25) is 0 Å². The van der Waals surface area contributed by atoms with Crippen LogP contribution in [0.4, 0.5) is 0 Å². The second-order valence-electron chi connectivity index (χ2n) is 5.83. The van der Waals surface area contributed by atoms with Crippen molar-refractivity contribution in [3.63, 3.8) is 0 Å². The number of nitrogens with zero attached hydrogens (tertiary/aromatic N) is 1. The lowest BCUT2D eigenvalue weighted by Gasteiger charge is -2.00. The fourth-order valence-corrected chi connectivity index (χ4v) is 3.04. The average molecular weight is 326 g/mol. The minimum atomic E-state index is 0.703. The van der Waals surface area contributed by atoms with Gasteiger partial charge in [-0.3, -0.25) is 0 Å². The van der Waals surface area contributed by atoms with Gasteiger partial charge in [-0.25, -0.2) is 4.98 Å². The van der Waals surface area contributed by atoms with E-state index in [1.54, 1.807) is 12.5 Å². The summed E-state index contributed by atoms with van der Waals surface area (Å²) in [5.74, 6) is 2.21. The minimum Gasteiger partial charge on any atom is -0.463 e. The Kier molecular flexibility index (Phi) is 3.07. The van der Waals surface area contributed by atoms with E-state index in [9.17, 15) is 0 Å². The molecule has 0 radical (unpaired) electrons. The molecule has 4 heteroatoms. The normalized spacial score (nSPS) is 11.2. The van der Waals surface area contributed by atoms with E-state index in [-0.39, 0.29) is 0 Å². The number of hydrogen-bond donors (Lipinski definition) is 1. The predicted molar refractivity (Wildman–Crippen MR) is 96.9 cm³/mol. The van der Waals surface area contributed by atoms with Gasteiger partial charge in [0.15, 0.2) is 11.5 Å². The molecule has 25 heavy (non-hydrogen) atoms. The molecular weight excluding hydrogens is 312 g/mol. The highest BCUT2D eigenvalue weighted by atomic mass is 16.3. The first-order valence-electron chi connectivity index (χ1n) is 8.05. The van der Waals surface area contributed by atoms with Gasteiger partial charge in [0.05, 0.1) is 12.5 Å². The van der Waals surface area contributed by atoms with Crippen LogP contribution >= 0.6 is 0 Å². The molecule has 0 saturated carbocycles. The van der Waals surface area contributed by atoms with Crippen LogP contribution in [-0.4, -0.2) is 9.97 Å². The lowest BCUT2D eigenvalue weighted by Crippen LogP contribution is -1.81. The molecule has 0 saturated heterocycles. The second-order valence-corrected chi connectivity index (χ2v) is 5.83. The molecule has 0 aliphatic rings. The van der Waals surface area contributed by atoms with Crippen molar-refractivity contribution in [2.45, 2.75) is 0 Å². The molecule has 0 aliphatic carbocycles. The summed E-state index contributed by atoms with van der Waals surface area (Å²) >= 11 is 0. The summed E-state index contributed by atoms with van der Waals surface area (Å²) in [5.41, 5.74) is 2.57. The molecule has 120 valence electrons. The van der Waals surface area contributed by atoms with Crippen LogP contribution in [0.1, 0.15) is 0 Å². The van der Waals surface area contributed by atoms with Crippen LogP contribution in [-0.2, 0) is 0 Å². The molecule has 1 N–H and O–H groups in total. The van der Waals surface area contributed by atoms with Crippen molar-refractivity contribution >= 4 is 10.8 Å². The van der Waals surface area contributed by atoms with Crippen LogP contribution < -0.4 is 0 Å². The molecule has 4 nitrogen and oxygen atoms in total. The molecule has 0 aliphatic heterocycles. The number of H-pyrrole nitrogens is 1. The SMILES string of the molecule is c1coc(-c2nc(-c3ccc4ccccc4c3)[nH]c2-c2ccco2)c1. The molecule has 5 aromatic rings. The summed E-state index contributed by atoms with van der Waals surface area (Å²) in [5, 5.41) is 2.38. The van der Waals surface area contributed by atoms with E-state index in [4.69, 9.17) is 13.8 Å². The summed E-state index contributed by atoms with van der Waals surface area (Å²) in [6.07, 6.45) is 3.30. The number of nitrogens with one attached hydrogen (secondary N) is 1. The van der Waals surface area contributed by atoms with Crippen molar-refractivity contribution in [2.24, 2.45) is 0 Å². The van der Waals surface area contributed by atoms with Gasteiger partial charge in [-0.2, -0.15) is 0 Å². The summed E-state index contributed by atoms with van der Waals surface area (Å²) in [4.78, 5) is 8.16. The second kappa shape index (κ2) is 5.53. The lowest BCUT2D eigenvalue weighted by molar-refractivity contribution is 0.573. The predicted octanol–water partition coefficient (Wildman–Crippen LogP) is 5.75. The topological polar surface area (TPSA) is 55.0 Å². The van der Waals surface area contributed by atoms with Crippen LogP contribution in [0.2, 0.25) is 0 Å². The van der Waals surface area contributed by atoms with Crippen molar-refractivity contribution in [2.75, 3.05) is 0 Å². The molecule has 3 heterocycles. The average Bonchev–Trinajstić information content (AvgIpc) is 3.41. The molecular formula is C21H14N2O2. The zero-order valence-corrected chi connectivity index (χ0v) is 13.3. The molecule has 0 fully saturated rings. The Hall–Kier alpha value is -3.53. The first-order chi connectivity index (χ1) is 12.4. The van der Waals surface area contributed by atoms with E-state index < -0.39 is 0 Å². The van der Waals surface area contributed by atoms with Gasteiger partial charge < -0.3 is 13.8 Å². The Morgan fingerprint density at radius 2 is 1.48 bits per heavy atom. The Morgan fingerprint density at radius 1 is 0.720 bits per heavy atom. The Morgan fingerprint density at radius 3 is 2.24 bits per heavy atom. The van der Waals surface area contributed by atoms with Gasteiger partial charge in [-0.05, 0) is 41.1 Å². The van der Waals surface area contributed by atoms with Crippen molar-refractivity contribution in [1.29, 1.82) is 0 Å². The van der Waals surface area contributed by atoms with Crippen molar-refractivity contribution in [1.82, 2.24) is 9.97 Å². The highest BCUT2D eigenvalue weighted by Gasteiger charge is 2.18. The van der Waals surface area contributed by atoms with Gasteiger partial charge in [-0.15, -0.1) is 0 Å². The fraction of sp³-hybridized carbons (Fsp3) is 0. The van der Waals surface area contributed by atoms with Crippen LogP contribution in [0.3, 0.4) is 0 Å². The van der Waals surface area contributed by atoms with Gasteiger partial charge in [0, 0.05) is 5.56 Å². The Balaban J connectivity index is 1.70. The van der Waals surface area contributed by atoms with Gasteiger partial charge in [-0.1, -0.05) is 36.4 Å². The third kappa shape index (κ3) is 2.35. The van der Waals surface area contributed by atoms with Crippen molar-refractivity contribution in [3.8, 4) is 34.3 Å². The number of hydrogen-bond acceptors (Lipinski definition) is 3. The van der Waals surface area contributed by atoms with Crippen LogP contribution in [0.15, 0.2) is 88.1 Å². The van der Waals surface area contributed by atoms with E-state index in [2.05, 4.69) is 35.3 Å². The van der Waals surface area contributed by atoms with Gasteiger partial charge in [0.25, 0.3) is 0 Å². The Bertz CT molecular complexity index is 1080. The van der Waals surface area contributed by atoms with E-state index in [0.29, 0.717) is 5.76 Å². The van der Waals surface area contributed by atoms with E-state index in [0.717, 1.165) is 28.5 Å². The van der Waals surface area contributed by atoms with Crippen molar-refractivity contribution in [3.05, 3.63) is 79.3 Å². The van der Waals surface area contributed by atoms with Crippen LogP contribution in [0, 0.1) is 0 Å². The number of aromatic amines is 1. The highest BCUT2D eigenvalue weighted by Crippen LogP contribution is 2.34. The highest BCUT2D eigenvalue weighted by molar-refractivity contribution is 5.87. The third-order valence-electron chi connectivity index (χ3n) is 4.25. The number of benzene rings is 2. The number of rotatable bonds is 3. The molecule has 3 aromatic heterocycles. The molecule has 0 atom stereocenters. The van der Waals surface area contributed by atoms with E-state index in [1.165, 1.54) is 10.8 Å². The molecule has 2 aromatic carbocycles. The van der Waals surface area contributed by atoms with Crippen LogP contribution in [0.25, 0.3) is 45.1 Å². The number of imidazole rings is 1. The third-order valence-corrected chi connectivity index (χ3v) is 4.25. The maximum absolute atomic E-state index is 5.56. The molecule has 0 unspecified atom stereocenters. The standard InChI is InChI=1S/C21H14N2O2/c1-2-6-15-13-16(10-9-14(15)5-1)21-22-19(17-7-3-11-24-17)20(23-21)18-8-4-12-25-18/h1-13H,(H,22,23). The largest absolute Gasteiger partial charge is 0.463 e. The van der Waals surface area contributed by atoms with E-state index >= 15 is 0 Å². The molecule has 0 amide bonds. The lowest BCUT2D eigenvalue weighted by atomic mass is 10.1. The zero-order chi connectivity index (χ0) is 16.6. The summed E-state index contributed by atoms with van der Waals surface area (Å²) in [6.45, 7) is 0. The maximum Gasteiger partial charge on any atom is 0.154 e. The smallest absolute Gasteiger partial charge is 0.154 e. The van der Waals surface area contributed by atoms with E-state index in [1.807, 2.05) is 36.4 Å². The summed E-state index contributed by atoms with van der Waals surface area (Å²) in [7, 11) is 0.